The molecule has 0 aliphatic rings. The Morgan fingerprint density at radius 2 is 1.93 bits per heavy atom. The van der Waals surface area contributed by atoms with Crippen LogP contribution < -0.4 is 10.1 Å². The SMILES string of the molecule is COC(=O)c1cccc(NC(=O)CSc2nnc(COc3ccc(C)cc3)o2)c1. The average Bonchev–Trinajstić information content (AvgIpc) is 3.19. The maximum absolute atomic E-state index is 12.1. The molecule has 0 saturated carbocycles. The van der Waals surface area contributed by atoms with Gasteiger partial charge in [0.2, 0.25) is 5.91 Å². The van der Waals surface area contributed by atoms with E-state index >= 15 is 0 Å². The second-order valence-electron chi connectivity index (χ2n) is 5.97. The highest BCUT2D eigenvalue weighted by molar-refractivity contribution is 7.99. The highest BCUT2D eigenvalue weighted by Gasteiger charge is 2.12. The average molecular weight is 413 g/mol. The van der Waals surface area contributed by atoms with Crippen LogP contribution in [0.5, 0.6) is 5.75 Å². The van der Waals surface area contributed by atoms with Gasteiger partial charge in [-0.3, -0.25) is 4.79 Å². The first-order valence-electron chi connectivity index (χ1n) is 8.66. The van der Waals surface area contributed by atoms with Crippen molar-refractivity contribution in [3.05, 3.63) is 65.5 Å². The van der Waals surface area contributed by atoms with Crippen LogP contribution in [0.25, 0.3) is 0 Å². The Kier molecular flexibility index (Phi) is 6.85. The number of ether oxygens (including phenoxy) is 2. The van der Waals surface area contributed by atoms with Gasteiger partial charge in [0.05, 0.1) is 18.4 Å². The number of esters is 1. The number of hydrogen-bond donors (Lipinski definition) is 1. The molecule has 29 heavy (non-hydrogen) atoms. The Balaban J connectivity index is 1.47. The standard InChI is InChI=1S/C20H19N3O5S/c1-13-6-8-16(9-7-13)27-11-18-22-23-20(28-18)29-12-17(24)21-15-5-3-4-14(10-15)19(25)26-2/h3-10H,11-12H2,1-2H3,(H,21,24). The van der Waals surface area contributed by atoms with Crippen molar-refractivity contribution in [2.24, 2.45) is 0 Å². The Morgan fingerprint density at radius 3 is 2.69 bits per heavy atom. The van der Waals surface area contributed by atoms with E-state index in [1.54, 1.807) is 24.3 Å². The number of methoxy groups -OCH3 is 1. The van der Waals surface area contributed by atoms with E-state index in [0.29, 0.717) is 22.9 Å². The molecule has 0 saturated heterocycles. The van der Waals surface area contributed by atoms with Gasteiger partial charge in [0, 0.05) is 5.69 Å². The summed E-state index contributed by atoms with van der Waals surface area (Å²) < 4.78 is 15.7. The van der Waals surface area contributed by atoms with Crippen molar-refractivity contribution in [1.29, 1.82) is 0 Å². The Labute approximate surface area is 171 Å². The van der Waals surface area contributed by atoms with E-state index in [0.717, 1.165) is 17.3 Å². The van der Waals surface area contributed by atoms with Crippen LogP contribution in [0.15, 0.2) is 58.2 Å². The zero-order chi connectivity index (χ0) is 20.6. The number of benzene rings is 2. The van der Waals surface area contributed by atoms with Gasteiger partial charge in [-0.15, -0.1) is 10.2 Å². The van der Waals surface area contributed by atoms with Crippen molar-refractivity contribution in [1.82, 2.24) is 10.2 Å². The molecule has 0 aliphatic carbocycles. The van der Waals surface area contributed by atoms with Gasteiger partial charge in [-0.05, 0) is 37.3 Å². The molecule has 150 valence electrons. The van der Waals surface area contributed by atoms with E-state index in [1.165, 1.54) is 7.11 Å². The lowest BCUT2D eigenvalue weighted by Crippen LogP contribution is -2.14. The van der Waals surface area contributed by atoms with Crippen molar-refractivity contribution < 1.29 is 23.5 Å². The van der Waals surface area contributed by atoms with Crippen LogP contribution in [0.3, 0.4) is 0 Å². The first kappa shape index (κ1) is 20.4. The molecule has 2 aromatic carbocycles. The molecule has 0 unspecified atom stereocenters. The van der Waals surface area contributed by atoms with Gasteiger partial charge in [0.1, 0.15) is 5.75 Å². The molecule has 8 nitrogen and oxygen atoms in total. The van der Waals surface area contributed by atoms with E-state index in [2.05, 4.69) is 20.3 Å². The number of amides is 1. The largest absolute Gasteiger partial charge is 0.484 e. The second kappa shape index (κ2) is 9.74. The van der Waals surface area contributed by atoms with Crippen LogP contribution in [-0.2, 0) is 16.1 Å². The van der Waals surface area contributed by atoms with E-state index < -0.39 is 5.97 Å². The third-order valence-electron chi connectivity index (χ3n) is 3.73. The van der Waals surface area contributed by atoms with Crippen LogP contribution in [0.1, 0.15) is 21.8 Å². The number of rotatable bonds is 8. The molecule has 0 bridgehead atoms. The van der Waals surface area contributed by atoms with E-state index in [1.807, 2.05) is 31.2 Å². The number of carbonyl (C=O) groups is 2. The first-order chi connectivity index (χ1) is 14.0. The molecular weight excluding hydrogens is 394 g/mol. The molecular formula is C20H19N3O5S. The van der Waals surface area contributed by atoms with Gasteiger partial charge < -0.3 is 19.2 Å². The normalized spacial score (nSPS) is 10.4. The Morgan fingerprint density at radius 1 is 1.14 bits per heavy atom. The third-order valence-corrected chi connectivity index (χ3v) is 4.54. The van der Waals surface area contributed by atoms with Crippen LogP contribution in [0, 0.1) is 6.92 Å². The summed E-state index contributed by atoms with van der Waals surface area (Å²) >= 11 is 1.11. The lowest BCUT2D eigenvalue weighted by molar-refractivity contribution is -0.113. The number of carbonyl (C=O) groups excluding carboxylic acids is 2. The predicted molar refractivity (Wildman–Crippen MR) is 107 cm³/mol. The minimum Gasteiger partial charge on any atom is -0.484 e. The number of aromatic nitrogens is 2. The molecule has 0 atom stereocenters. The zero-order valence-electron chi connectivity index (χ0n) is 15.9. The fraction of sp³-hybridized carbons (Fsp3) is 0.200. The third kappa shape index (κ3) is 6.08. The summed E-state index contributed by atoms with van der Waals surface area (Å²) in [5.74, 6) is 0.355. The number of thioether (sulfide) groups is 1. The molecule has 0 fully saturated rings. The summed E-state index contributed by atoms with van der Waals surface area (Å²) in [4.78, 5) is 23.7. The molecule has 1 heterocycles. The van der Waals surface area contributed by atoms with Gasteiger partial charge in [-0.1, -0.05) is 35.5 Å². The summed E-state index contributed by atoms with van der Waals surface area (Å²) in [5, 5.41) is 10.8. The molecule has 3 aromatic rings. The van der Waals surface area contributed by atoms with Gasteiger partial charge >= 0.3 is 5.97 Å². The first-order valence-corrected chi connectivity index (χ1v) is 9.65. The predicted octanol–water partition coefficient (Wildman–Crippen LogP) is 3.47. The minimum atomic E-state index is -0.471. The highest BCUT2D eigenvalue weighted by atomic mass is 32.2. The van der Waals surface area contributed by atoms with Crippen LogP contribution in [0.4, 0.5) is 5.69 Å². The number of anilines is 1. The van der Waals surface area contributed by atoms with Gasteiger partial charge in [-0.25, -0.2) is 4.79 Å². The monoisotopic (exact) mass is 413 g/mol. The smallest absolute Gasteiger partial charge is 0.337 e. The molecule has 0 radical (unpaired) electrons. The second-order valence-corrected chi connectivity index (χ2v) is 6.90. The number of nitrogens with zero attached hydrogens (tertiary/aromatic N) is 2. The fourth-order valence-corrected chi connectivity index (χ4v) is 2.88. The Hall–Kier alpha value is -3.33. The summed E-state index contributed by atoms with van der Waals surface area (Å²) in [6, 6.07) is 14.1. The summed E-state index contributed by atoms with van der Waals surface area (Å²) in [7, 11) is 1.30. The van der Waals surface area contributed by atoms with Gasteiger partial charge in [0.25, 0.3) is 11.1 Å². The quantitative estimate of drug-likeness (QED) is 0.442. The molecule has 0 aliphatic heterocycles. The van der Waals surface area contributed by atoms with E-state index in [9.17, 15) is 9.59 Å². The molecule has 1 N–H and O–H groups in total. The van der Waals surface area contributed by atoms with E-state index in [4.69, 9.17) is 9.15 Å². The van der Waals surface area contributed by atoms with E-state index in [-0.39, 0.29) is 23.5 Å². The summed E-state index contributed by atoms with van der Waals surface area (Å²) in [6.45, 7) is 2.14. The fourth-order valence-electron chi connectivity index (χ4n) is 2.30. The maximum Gasteiger partial charge on any atom is 0.337 e. The van der Waals surface area contributed by atoms with Crippen molar-refractivity contribution in [3.8, 4) is 5.75 Å². The molecule has 1 aromatic heterocycles. The summed E-state index contributed by atoms with van der Waals surface area (Å²) in [6.07, 6.45) is 0. The highest BCUT2D eigenvalue weighted by Crippen LogP contribution is 2.19. The lowest BCUT2D eigenvalue weighted by atomic mass is 10.2. The number of nitrogens with one attached hydrogen (secondary N) is 1. The van der Waals surface area contributed by atoms with Crippen LogP contribution in [0.2, 0.25) is 0 Å². The van der Waals surface area contributed by atoms with Crippen molar-refractivity contribution in [2.45, 2.75) is 18.8 Å². The molecule has 1 amide bonds. The number of aryl methyl sites for hydroxylation is 1. The Bertz CT molecular complexity index is 988. The minimum absolute atomic E-state index is 0.0723. The summed E-state index contributed by atoms with van der Waals surface area (Å²) in [5.41, 5.74) is 1.99. The molecule has 9 heteroatoms. The van der Waals surface area contributed by atoms with Crippen molar-refractivity contribution in [2.75, 3.05) is 18.2 Å². The van der Waals surface area contributed by atoms with Crippen LogP contribution in [-0.4, -0.2) is 34.9 Å². The lowest BCUT2D eigenvalue weighted by Gasteiger charge is -2.06. The molecule has 0 spiro atoms. The zero-order valence-corrected chi connectivity index (χ0v) is 16.7. The van der Waals surface area contributed by atoms with Crippen molar-refractivity contribution in [3.63, 3.8) is 0 Å². The van der Waals surface area contributed by atoms with Gasteiger partial charge in [0.15, 0.2) is 6.61 Å². The van der Waals surface area contributed by atoms with Crippen molar-refractivity contribution >= 4 is 29.3 Å². The maximum atomic E-state index is 12.1. The number of hydrogen-bond acceptors (Lipinski definition) is 8. The van der Waals surface area contributed by atoms with Gasteiger partial charge in [-0.2, -0.15) is 0 Å². The van der Waals surface area contributed by atoms with Crippen LogP contribution >= 0.6 is 11.8 Å². The topological polar surface area (TPSA) is 104 Å². The molecule has 3 rings (SSSR count).